The Labute approximate surface area is 186 Å². The molecule has 0 aliphatic carbocycles. The van der Waals surface area contributed by atoms with Crippen LogP contribution in [0.25, 0.3) is 0 Å². The van der Waals surface area contributed by atoms with Crippen LogP contribution in [0.3, 0.4) is 0 Å². The van der Waals surface area contributed by atoms with E-state index >= 15 is 0 Å². The Morgan fingerprint density at radius 2 is 1.61 bits per heavy atom. The average molecular weight is 457 g/mol. The molecule has 6 nitrogen and oxygen atoms in total. The number of hydrogen-bond donors (Lipinski definition) is 1. The third-order valence-electron chi connectivity index (χ3n) is 4.80. The van der Waals surface area contributed by atoms with Crippen molar-refractivity contribution >= 4 is 17.6 Å². The number of carbonyl (C=O) groups excluding carboxylic acids is 2. The number of carbonyl (C=O) groups is 2. The van der Waals surface area contributed by atoms with E-state index in [4.69, 9.17) is 14.2 Å². The van der Waals surface area contributed by atoms with Gasteiger partial charge >= 0.3 is 12.1 Å². The summed E-state index contributed by atoms with van der Waals surface area (Å²) in [4.78, 5) is 25.8. The van der Waals surface area contributed by atoms with Crippen molar-refractivity contribution in [1.29, 1.82) is 0 Å². The number of halogens is 3. The van der Waals surface area contributed by atoms with E-state index in [2.05, 4.69) is 5.32 Å². The van der Waals surface area contributed by atoms with Crippen molar-refractivity contribution in [3.8, 4) is 11.5 Å². The molecule has 170 valence electrons. The largest absolute Gasteiger partial charge is 0.486 e. The molecule has 0 saturated carbocycles. The van der Waals surface area contributed by atoms with E-state index < -0.39 is 29.7 Å². The van der Waals surface area contributed by atoms with Gasteiger partial charge in [-0.1, -0.05) is 36.4 Å². The van der Waals surface area contributed by atoms with E-state index in [1.165, 1.54) is 24.3 Å². The first kappa shape index (κ1) is 22.2. The van der Waals surface area contributed by atoms with Crippen LogP contribution in [0.5, 0.6) is 11.5 Å². The fraction of sp³-hybridized carbons (Fsp3) is 0.167. The molecule has 0 fully saturated rings. The highest BCUT2D eigenvalue weighted by atomic mass is 19.4. The second kappa shape index (κ2) is 9.23. The summed E-state index contributed by atoms with van der Waals surface area (Å²) < 4.78 is 55.4. The summed E-state index contributed by atoms with van der Waals surface area (Å²) in [6.07, 6.45) is -5.97. The molecule has 1 amide bonds. The Hall–Kier alpha value is -4.01. The van der Waals surface area contributed by atoms with Gasteiger partial charge in [-0.05, 0) is 36.4 Å². The first-order chi connectivity index (χ1) is 15.8. The van der Waals surface area contributed by atoms with E-state index in [9.17, 15) is 22.8 Å². The molecule has 3 aromatic rings. The quantitative estimate of drug-likeness (QED) is 0.545. The number of nitrogens with one attached hydrogen (secondary N) is 1. The lowest BCUT2D eigenvalue weighted by Gasteiger charge is -2.20. The molecule has 0 spiro atoms. The summed E-state index contributed by atoms with van der Waals surface area (Å²) in [6.45, 7) is 0.722. The molecule has 4 rings (SSSR count). The van der Waals surface area contributed by atoms with Crippen LogP contribution in [-0.4, -0.2) is 25.1 Å². The molecule has 0 aromatic heterocycles. The molecule has 1 heterocycles. The van der Waals surface area contributed by atoms with Gasteiger partial charge in [0.15, 0.2) is 11.5 Å². The molecule has 9 heteroatoms. The normalized spacial score (nSPS) is 13.7. The Kier molecular flexibility index (Phi) is 6.21. The Balaban J connectivity index is 1.57. The van der Waals surface area contributed by atoms with Crippen LogP contribution in [0.2, 0.25) is 0 Å². The Morgan fingerprint density at radius 1 is 0.879 bits per heavy atom. The molecule has 3 aromatic carbocycles. The predicted octanol–water partition coefficient (Wildman–Crippen LogP) is 5.01. The molecular formula is C24H18F3NO5. The monoisotopic (exact) mass is 457 g/mol. The standard InChI is InChI=1S/C24H18F3NO5/c25-24(26,27)17-7-4-8-18(14-17)28-22(29)21(15-5-2-1-3-6-15)33-23(30)16-9-10-19-20(13-16)32-12-11-31-19/h1-10,13-14,21H,11-12H2,(H,28,29)/t21-/m0/s1. The number of benzene rings is 3. The highest BCUT2D eigenvalue weighted by molar-refractivity contribution is 5.98. The Bertz CT molecular complexity index is 1160. The van der Waals surface area contributed by atoms with Crippen LogP contribution in [0, 0.1) is 0 Å². The second-order valence-corrected chi connectivity index (χ2v) is 7.12. The number of rotatable bonds is 5. The number of ether oxygens (including phenoxy) is 3. The van der Waals surface area contributed by atoms with Crippen LogP contribution >= 0.6 is 0 Å². The lowest BCUT2D eigenvalue weighted by atomic mass is 10.1. The van der Waals surface area contributed by atoms with Crippen LogP contribution in [0.15, 0.2) is 72.8 Å². The molecule has 0 bridgehead atoms. The molecule has 0 saturated heterocycles. The SMILES string of the molecule is O=C(O[C@H](C(=O)Nc1cccc(C(F)(F)F)c1)c1ccccc1)c1ccc2c(c1)OCCO2. The van der Waals surface area contributed by atoms with E-state index in [0.717, 1.165) is 12.1 Å². The van der Waals surface area contributed by atoms with Gasteiger partial charge in [0.1, 0.15) is 13.2 Å². The maximum atomic E-state index is 13.0. The fourth-order valence-corrected chi connectivity index (χ4v) is 3.23. The van der Waals surface area contributed by atoms with E-state index in [-0.39, 0.29) is 11.3 Å². The van der Waals surface area contributed by atoms with E-state index in [0.29, 0.717) is 30.3 Å². The van der Waals surface area contributed by atoms with Gasteiger partial charge in [0.2, 0.25) is 6.10 Å². The lowest BCUT2D eigenvalue weighted by Crippen LogP contribution is -2.26. The van der Waals surface area contributed by atoms with Crippen molar-refractivity contribution < 1.29 is 37.0 Å². The second-order valence-electron chi connectivity index (χ2n) is 7.12. The first-order valence-electron chi connectivity index (χ1n) is 9.95. The molecule has 1 N–H and O–H groups in total. The van der Waals surface area contributed by atoms with Crippen molar-refractivity contribution in [3.63, 3.8) is 0 Å². The summed E-state index contributed by atoms with van der Waals surface area (Å²) in [5.41, 5.74) is -0.504. The number of esters is 1. The number of amides is 1. The Morgan fingerprint density at radius 3 is 2.33 bits per heavy atom. The molecule has 1 aliphatic rings. The van der Waals surface area contributed by atoms with Crippen LogP contribution in [0.4, 0.5) is 18.9 Å². The average Bonchev–Trinajstić information content (AvgIpc) is 2.82. The van der Waals surface area contributed by atoms with Gasteiger partial charge in [0.05, 0.1) is 11.1 Å². The highest BCUT2D eigenvalue weighted by Crippen LogP contribution is 2.33. The fourth-order valence-electron chi connectivity index (χ4n) is 3.23. The number of anilines is 1. The van der Waals surface area contributed by atoms with Gasteiger partial charge in [-0.25, -0.2) is 4.79 Å². The van der Waals surface area contributed by atoms with Crippen LogP contribution in [-0.2, 0) is 15.7 Å². The van der Waals surface area contributed by atoms with Crippen molar-refractivity contribution in [2.75, 3.05) is 18.5 Å². The predicted molar refractivity (Wildman–Crippen MR) is 112 cm³/mol. The lowest BCUT2D eigenvalue weighted by molar-refractivity contribution is -0.137. The van der Waals surface area contributed by atoms with Crippen molar-refractivity contribution in [1.82, 2.24) is 0 Å². The topological polar surface area (TPSA) is 73.9 Å². The number of alkyl halides is 3. The number of hydrogen-bond acceptors (Lipinski definition) is 5. The minimum Gasteiger partial charge on any atom is -0.486 e. The van der Waals surface area contributed by atoms with E-state index in [1.54, 1.807) is 36.4 Å². The zero-order chi connectivity index (χ0) is 23.4. The minimum absolute atomic E-state index is 0.0777. The molecule has 33 heavy (non-hydrogen) atoms. The third-order valence-corrected chi connectivity index (χ3v) is 4.80. The molecular weight excluding hydrogens is 439 g/mol. The molecule has 1 aliphatic heterocycles. The summed E-state index contributed by atoms with van der Waals surface area (Å²) in [5.74, 6) is -0.744. The van der Waals surface area contributed by atoms with Gasteiger partial charge in [-0.3, -0.25) is 4.79 Å². The van der Waals surface area contributed by atoms with Crippen molar-refractivity contribution in [2.45, 2.75) is 12.3 Å². The first-order valence-corrected chi connectivity index (χ1v) is 9.95. The maximum Gasteiger partial charge on any atom is 0.416 e. The van der Waals surface area contributed by atoms with Crippen LogP contribution in [0.1, 0.15) is 27.6 Å². The molecule has 0 radical (unpaired) electrons. The van der Waals surface area contributed by atoms with Gasteiger partial charge < -0.3 is 19.5 Å². The summed E-state index contributed by atoms with van der Waals surface area (Å²) >= 11 is 0. The number of fused-ring (bicyclic) bond motifs is 1. The van der Waals surface area contributed by atoms with Crippen molar-refractivity contribution in [3.05, 3.63) is 89.5 Å². The van der Waals surface area contributed by atoms with Gasteiger partial charge in [-0.2, -0.15) is 13.2 Å². The molecule has 1 atom stereocenters. The zero-order valence-electron chi connectivity index (χ0n) is 17.1. The zero-order valence-corrected chi connectivity index (χ0v) is 17.1. The highest BCUT2D eigenvalue weighted by Gasteiger charge is 2.31. The molecule has 0 unspecified atom stereocenters. The maximum absolute atomic E-state index is 13.0. The van der Waals surface area contributed by atoms with Crippen molar-refractivity contribution in [2.24, 2.45) is 0 Å². The van der Waals surface area contributed by atoms with Gasteiger partial charge in [0, 0.05) is 11.3 Å². The van der Waals surface area contributed by atoms with Gasteiger partial charge in [0.25, 0.3) is 5.91 Å². The van der Waals surface area contributed by atoms with Crippen LogP contribution < -0.4 is 14.8 Å². The van der Waals surface area contributed by atoms with Gasteiger partial charge in [-0.15, -0.1) is 0 Å². The summed E-state index contributed by atoms with van der Waals surface area (Å²) in [6, 6.07) is 16.9. The summed E-state index contributed by atoms with van der Waals surface area (Å²) in [7, 11) is 0. The minimum atomic E-state index is -4.57. The van der Waals surface area contributed by atoms with E-state index in [1.807, 2.05) is 0 Å². The smallest absolute Gasteiger partial charge is 0.416 e. The summed E-state index contributed by atoms with van der Waals surface area (Å²) in [5, 5.41) is 2.40. The third kappa shape index (κ3) is 5.25.